The fourth-order valence-corrected chi connectivity index (χ4v) is 1.66. The first kappa shape index (κ1) is 9.10. The van der Waals surface area contributed by atoms with Crippen LogP contribution in [-0.2, 0) is 0 Å². The summed E-state index contributed by atoms with van der Waals surface area (Å²) in [6, 6.07) is 9.08. The lowest BCUT2D eigenvalue weighted by atomic mass is 10.2. The molecule has 1 unspecified atom stereocenters. The predicted octanol–water partition coefficient (Wildman–Crippen LogP) is 0.882. The zero-order valence-corrected chi connectivity index (χ0v) is 8.58. The van der Waals surface area contributed by atoms with Crippen molar-refractivity contribution in [3.05, 3.63) is 47.9 Å². The lowest BCUT2D eigenvalue weighted by Gasteiger charge is -2.05. The lowest BCUT2D eigenvalue weighted by molar-refractivity contribution is -0.593. The van der Waals surface area contributed by atoms with Crippen LogP contribution in [0.1, 0.15) is 0 Å². The monoisotopic (exact) mass is 204 g/mol. The highest BCUT2D eigenvalue weighted by atomic mass is 31.0. The summed E-state index contributed by atoms with van der Waals surface area (Å²) >= 11 is 0. The van der Waals surface area contributed by atoms with Crippen LogP contribution >= 0.6 is 9.24 Å². The predicted molar refractivity (Wildman–Crippen MR) is 58.0 cm³/mol. The van der Waals surface area contributed by atoms with E-state index in [2.05, 4.69) is 14.2 Å². The van der Waals surface area contributed by atoms with Crippen LogP contribution in [0.3, 0.4) is 0 Å². The summed E-state index contributed by atoms with van der Waals surface area (Å²) in [5.74, 6) is 0. The van der Waals surface area contributed by atoms with E-state index in [0.717, 1.165) is 10.0 Å². The van der Waals surface area contributed by atoms with Crippen molar-refractivity contribution in [1.82, 2.24) is 4.98 Å². The maximum Gasteiger partial charge on any atom is 0.249 e. The van der Waals surface area contributed by atoms with Gasteiger partial charge in [-0.3, -0.25) is 0 Å². The van der Waals surface area contributed by atoms with Crippen LogP contribution in [0, 0.1) is 5.21 Å². The third-order valence-electron chi connectivity index (χ3n) is 1.90. The molecule has 0 bridgehead atoms. The number of nitrogens with zero attached hydrogens (tertiary/aromatic N) is 2. The van der Waals surface area contributed by atoms with Crippen molar-refractivity contribution in [2.75, 3.05) is 0 Å². The first-order chi connectivity index (χ1) is 6.79. The zero-order valence-electron chi connectivity index (χ0n) is 7.42. The second kappa shape index (κ2) is 3.72. The summed E-state index contributed by atoms with van der Waals surface area (Å²) in [6.45, 7) is 0. The van der Waals surface area contributed by atoms with Crippen molar-refractivity contribution >= 4 is 14.5 Å². The fraction of sp³-hybridized carbons (Fsp3) is 0. The van der Waals surface area contributed by atoms with Crippen molar-refractivity contribution in [3.63, 3.8) is 0 Å². The van der Waals surface area contributed by atoms with Gasteiger partial charge in [-0.2, -0.15) is 4.73 Å². The Morgan fingerprint density at radius 1 is 1.21 bits per heavy atom. The molecular weight excluding hydrogens is 195 g/mol. The molecule has 2 rings (SSSR count). The molecule has 0 fully saturated rings. The Hall–Kier alpha value is -1.47. The molecule has 2 aromatic rings. The lowest BCUT2D eigenvalue weighted by Crippen LogP contribution is -2.32. The van der Waals surface area contributed by atoms with Crippen molar-refractivity contribution in [2.24, 2.45) is 0 Å². The molecule has 14 heavy (non-hydrogen) atoms. The molecule has 4 heteroatoms. The molecule has 2 heterocycles. The van der Waals surface area contributed by atoms with Gasteiger partial charge in [-0.25, -0.2) is 4.98 Å². The number of hydrogen-bond acceptors (Lipinski definition) is 2. The summed E-state index contributed by atoms with van der Waals surface area (Å²) < 4.78 is 0.824. The normalized spacial score (nSPS) is 10.1. The highest BCUT2D eigenvalue weighted by Gasteiger charge is 2.12. The van der Waals surface area contributed by atoms with Crippen LogP contribution in [0.4, 0.5) is 0 Å². The smallest absolute Gasteiger partial charge is 0.249 e. The van der Waals surface area contributed by atoms with Crippen molar-refractivity contribution in [3.8, 4) is 11.4 Å². The first-order valence-corrected chi connectivity index (χ1v) is 4.76. The highest BCUT2D eigenvalue weighted by Crippen LogP contribution is 2.10. The van der Waals surface area contributed by atoms with E-state index in [9.17, 15) is 5.21 Å². The Bertz CT molecular complexity index is 425. The Morgan fingerprint density at radius 2 is 2.07 bits per heavy atom. The topological polar surface area (TPSA) is 39.8 Å². The molecular formula is C10H9N2OP. The van der Waals surface area contributed by atoms with E-state index in [4.69, 9.17) is 0 Å². The maximum atomic E-state index is 11.5. The largest absolute Gasteiger partial charge is 0.618 e. The van der Waals surface area contributed by atoms with Crippen molar-refractivity contribution in [1.29, 1.82) is 0 Å². The van der Waals surface area contributed by atoms with Gasteiger partial charge < -0.3 is 5.21 Å². The minimum Gasteiger partial charge on any atom is -0.618 e. The van der Waals surface area contributed by atoms with Gasteiger partial charge in [0.05, 0.1) is 0 Å². The maximum absolute atomic E-state index is 11.5. The van der Waals surface area contributed by atoms with E-state index in [0.29, 0.717) is 11.4 Å². The summed E-state index contributed by atoms with van der Waals surface area (Å²) in [4.78, 5) is 4.14. The number of aromatic nitrogens is 2. The van der Waals surface area contributed by atoms with Crippen molar-refractivity contribution in [2.45, 2.75) is 0 Å². The molecule has 1 atom stereocenters. The van der Waals surface area contributed by atoms with E-state index in [1.54, 1.807) is 12.3 Å². The molecule has 2 aromatic heterocycles. The van der Waals surface area contributed by atoms with Gasteiger partial charge in [0.1, 0.15) is 5.69 Å². The van der Waals surface area contributed by atoms with Gasteiger partial charge in [-0.15, -0.1) is 0 Å². The average molecular weight is 204 g/mol. The fourth-order valence-electron chi connectivity index (χ4n) is 1.27. The second-order valence-electron chi connectivity index (χ2n) is 2.85. The molecule has 0 radical (unpaired) electrons. The quantitative estimate of drug-likeness (QED) is 0.393. The van der Waals surface area contributed by atoms with Gasteiger partial charge >= 0.3 is 0 Å². The molecule has 0 aliphatic rings. The Kier molecular flexibility index (Phi) is 2.42. The summed E-state index contributed by atoms with van der Waals surface area (Å²) in [7, 11) is 2.53. The number of hydrogen-bond donors (Lipinski definition) is 0. The van der Waals surface area contributed by atoms with E-state index in [1.165, 1.54) is 6.20 Å². The van der Waals surface area contributed by atoms with Crippen LogP contribution in [0.2, 0.25) is 0 Å². The molecule has 0 saturated heterocycles. The van der Waals surface area contributed by atoms with E-state index >= 15 is 0 Å². The molecule has 3 nitrogen and oxygen atoms in total. The summed E-state index contributed by atoms with van der Waals surface area (Å²) in [5, 5.41) is 12.4. The summed E-state index contributed by atoms with van der Waals surface area (Å²) in [6.07, 6.45) is 3.14. The van der Waals surface area contributed by atoms with Crippen molar-refractivity contribution < 1.29 is 4.73 Å². The molecule has 0 amide bonds. The minimum atomic E-state index is 0.582. The zero-order chi connectivity index (χ0) is 9.97. The average Bonchev–Trinajstić information content (AvgIpc) is 2.19. The van der Waals surface area contributed by atoms with E-state index in [1.807, 2.05) is 24.3 Å². The Balaban J connectivity index is 2.63. The third kappa shape index (κ3) is 1.59. The molecule has 0 aliphatic carbocycles. The molecule has 0 saturated carbocycles. The SMILES string of the molecule is [O-][n+]1cccc(P)c1-c1ccccn1. The van der Waals surface area contributed by atoms with Gasteiger partial charge in [0.2, 0.25) is 5.69 Å². The van der Waals surface area contributed by atoms with Gasteiger partial charge in [-0.1, -0.05) is 15.3 Å². The Labute approximate surface area is 84.2 Å². The molecule has 70 valence electrons. The van der Waals surface area contributed by atoms with E-state index < -0.39 is 0 Å². The highest BCUT2D eigenvalue weighted by molar-refractivity contribution is 7.27. The molecule has 0 aromatic carbocycles. The number of rotatable bonds is 1. The van der Waals surface area contributed by atoms with E-state index in [-0.39, 0.29) is 0 Å². The third-order valence-corrected chi connectivity index (χ3v) is 2.36. The van der Waals surface area contributed by atoms with Crippen LogP contribution in [0.5, 0.6) is 0 Å². The minimum absolute atomic E-state index is 0.582. The summed E-state index contributed by atoms with van der Waals surface area (Å²) in [5.41, 5.74) is 1.27. The first-order valence-electron chi connectivity index (χ1n) is 4.18. The second-order valence-corrected chi connectivity index (χ2v) is 3.47. The molecule has 0 spiro atoms. The van der Waals surface area contributed by atoms with Crippen LogP contribution < -0.4 is 10.0 Å². The van der Waals surface area contributed by atoms with Gasteiger partial charge in [0.15, 0.2) is 6.20 Å². The van der Waals surface area contributed by atoms with Gasteiger partial charge in [0, 0.05) is 17.6 Å². The molecule has 0 aliphatic heterocycles. The van der Waals surface area contributed by atoms with Crippen LogP contribution in [-0.4, -0.2) is 4.98 Å². The Morgan fingerprint density at radius 3 is 2.71 bits per heavy atom. The van der Waals surface area contributed by atoms with Crippen LogP contribution in [0.25, 0.3) is 11.4 Å². The van der Waals surface area contributed by atoms with Gasteiger partial charge in [-0.05, 0) is 18.2 Å². The number of pyridine rings is 2. The standard InChI is InChI=1S/C10H9N2OP/c13-12-7-3-5-9(14)10(12)8-4-1-2-6-11-8/h1-7H,14H2. The van der Waals surface area contributed by atoms with Gasteiger partial charge in [0.25, 0.3) is 0 Å². The van der Waals surface area contributed by atoms with Crippen LogP contribution in [0.15, 0.2) is 42.7 Å². The molecule has 0 N–H and O–H groups in total.